The summed E-state index contributed by atoms with van der Waals surface area (Å²) < 4.78 is 43.6. The highest BCUT2D eigenvalue weighted by atomic mass is 19.3. The molecule has 0 fully saturated rings. The SMILES string of the molecule is COC(=O)/C=C(/Nc1ccc(OC)c(OCC(F)F)c1)C(=O)OC. The van der Waals surface area contributed by atoms with Gasteiger partial charge in [0, 0.05) is 11.8 Å². The Bertz CT molecular complexity index is 618. The molecule has 0 unspecified atom stereocenters. The van der Waals surface area contributed by atoms with Crippen molar-refractivity contribution in [3.05, 3.63) is 30.0 Å². The van der Waals surface area contributed by atoms with Crippen LogP contribution in [-0.2, 0) is 19.1 Å². The monoisotopic (exact) mass is 345 g/mol. The number of ether oxygens (including phenoxy) is 4. The van der Waals surface area contributed by atoms with E-state index in [9.17, 15) is 18.4 Å². The molecule has 1 N–H and O–H groups in total. The van der Waals surface area contributed by atoms with Gasteiger partial charge in [0.2, 0.25) is 0 Å². The molecule has 0 aromatic heterocycles. The Morgan fingerprint density at radius 1 is 1.17 bits per heavy atom. The van der Waals surface area contributed by atoms with E-state index in [0.717, 1.165) is 20.3 Å². The zero-order valence-corrected chi connectivity index (χ0v) is 13.3. The largest absolute Gasteiger partial charge is 0.493 e. The van der Waals surface area contributed by atoms with Gasteiger partial charge in [0.25, 0.3) is 6.43 Å². The lowest BCUT2D eigenvalue weighted by Gasteiger charge is -2.14. The van der Waals surface area contributed by atoms with Crippen LogP contribution < -0.4 is 14.8 Å². The standard InChI is InChI=1S/C15H17F2NO6/c1-21-11-5-4-9(6-12(11)24-8-13(16)17)18-10(15(20)23-3)7-14(19)22-2/h4-7,13,18H,8H2,1-3H3/b10-7+. The highest BCUT2D eigenvalue weighted by Crippen LogP contribution is 2.31. The molecule has 0 heterocycles. The van der Waals surface area contributed by atoms with Crippen molar-refractivity contribution < 1.29 is 37.3 Å². The maximum Gasteiger partial charge on any atom is 0.354 e. The molecule has 132 valence electrons. The van der Waals surface area contributed by atoms with Gasteiger partial charge in [-0.25, -0.2) is 18.4 Å². The summed E-state index contributed by atoms with van der Waals surface area (Å²) in [6, 6.07) is 4.30. The van der Waals surface area contributed by atoms with Gasteiger partial charge in [-0.3, -0.25) is 0 Å². The molecule has 0 aliphatic heterocycles. The van der Waals surface area contributed by atoms with Crippen molar-refractivity contribution in [3.8, 4) is 11.5 Å². The number of hydrogen-bond donors (Lipinski definition) is 1. The third-order valence-corrected chi connectivity index (χ3v) is 2.68. The lowest BCUT2D eigenvalue weighted by atomic mass is 10.2. The van der Waals surface area contributed by atoms with E-state index in [1.807, 2.05) is 0 Å². The molecule has 7 nitrogen and oxygen atoms in total. The number of esters is 2. The van der Waals surface area contributed by atoms with Crippen LogP contribution in [0.4, 0.5) is 14.5 Å². The quantitative estimate of drug-likeness (QED) is 0.570. The number of carbonyl (C=O) groups is 2. The Morgan fingerprint density at radius 3 is 2.42 bits per heavy atom. The Kier molecular flexibility index (Phi) is 7.47. The second-order valence-corrected chi connectivity index (χ2v) is 4.27. The van der Waals surface area contributed by atoms with Crippen molar-refractivity contribution in [1.29, 1.82) is 0 Å². The van der Waals surface area contributed by atoms with Gasteiger partial charge in [0.1, 0.15) is 12.3 Å². The minimum absolute atomic E-state index is 0.0464. The van der Waals surface area contributed by atoms with E-state index < -0.39 is 25.0 Å². The fourth-order valence-corrected chi connectivity index (χ4v) is 1.61. The first kappa shape index (κ1) is 19.2. The summed E-state index contributed by atoms with van der Waals surface area (Å²) in [5, 5.41) is 2.64. The topological polar surface area (TPSA) is 83.1 Å². The van der Waals surface area contributed by atoms with Crippen LogP contribution in [0.5, 0.6) is 11.5 Å². The van der Waals surface area contributed by atoms with Crippen molar-refractivity contribution >= 4 is 17.6 Å². The fraction of sp³-hybridized carbons (Fsp3) is 0.333. The van der Waals surface area contributed by atoms with E-state index in [4.69, 9.17) is 9.47 Å². The zero-order chi connectivity index (χ0) is 18.1. The molecule has 1 rings (SSSR count). The Hall–Kier alpha value is -2.84. The van der Waals surface area contributed by atoms with E-state index >= 15 is 0 Å². The molecular formula is C15H17F2NO6. The predicted octanol–water partition coefficient (Wildman–Crippen LogP) is 1.98. The fourth-order valence-electron chi connectivity index (χ4n) is 1.61. The van der Waals surface area contributed by atoms with Crippen molar-refractivity contribution in [2.75, 3.05) is 33.3 Å². The number of carbonyl (C=O) groups excluding carboxylic acids is 2. The number of benzene rings is 1. The van der Waals surface area contributed by atoms with Crippen LogP contribution in [0.15, 0.2) is 30.0 Å². The summed E-state index contributed by atoms with van der Waals surface area (Å²) in [6.07, 6.45) is -1.76. The third-order valence-electron chi connectivity index (χ3n) is 2.68. The smallest absolute Gasteiger partial charge is 0.354 e. The molecule has 0 spiro atoms. The van der Waals surface area contributed by atoms with Crippen LogP contribution in [0.3, 0.4) is 0 Å². The van der Waals surface area contributed by atoms with Gasteiger partial charge in [-0.15, -0.1) is 0 Å². The number of nitrogens with one attached hydrogen (secondary N) is 1. The van der Waals surface area contributed by atoms with Crippen LogP contribution in [-0.4, -0.2) is 46.3 Å². The number of anilines is 1. The van der Waals surface area contributed by atoms with Gasteiger partial charge >= 0.3 is 11.9 Å². The van der Waals surface area contributed by atoms with Crippen molar-refractivity contribution in [2.24, 2.45) is 0 Å². The third kappa shape index (κ3) is 5.75. The number of halogens is 2. The number of rotatable bonds is 8. The summed E-state index contributed by atoms with van der Waals surface area (Å²) in [5.74, 6) is -1.31. The zero-order valence-electron chi connectivity index (χ0n) is 13.3. The molecule has 0 bridgehead atoms. The average Bonchev–Trinajstić information content (AvgIpc) is 2.58. The molecular weight excluding hydrogens is 328 g/mol. The number of alkyl halides is 2. The predicted molar refractivity (Wildman–Crippen MR) is 80.2 cm³/mol. The number of hydrogen-bond acceptors (Lipinski definition) is 7. The molecule has 24 heavy (non-hydrogen) atoms. The molecule has 0 aliphatic rings. The maximum absolute atomic E-state index is 12.3. The van der Waals surface area contributed by atoms with Crippen molar-refractivity contribution in [2.45, 2.75) is 6.43 Å². The molecule has 1 aromatic rings. The van der Waals surface area contributed by atoms with E-state index in [2.05, 4.69) is 14.8 Å². The van der Waals surface area contributed by atoms with Crippen LogP contribution in [0, 0.1) is 0 Å². The van der Waals surface area contributed by atoms with Gasteiger partial charge in [-0.1, -0.05) is 0 Å². The van der Waals surface area contributed by atoms with Gasteiger partial charge in [-0.05, 0) is 12.1 Å². The normalized spacial score (nSPS) is 11.0. The molecule has 0 atom stereocenters. The van der Waals surface area contributed by atoms with E-state index in [1.54, 1.807) is 0 Å². The van der Waals surface area contributed by atoms with Crippen molar-refractivity contribution in [1.82, 2.24) is 0 Å². The first-order valence-corrected chi connectivity index (χ1v) is 6.65. The highest BCUT2D eigenvalue weighted by Gasteiger charge is 2.15. The van der Waals surface area contributed by atoms with E-state index in [1.165, 1.54) is 25.3 Å². The summed E-state index contributed by atoms with van der Waals surface area (Å²) in [7, 11) is 3.65. The molecule has 0 amide bonds. The average molecular weight is 345 g/mol. The van der Waals surface area contributed by atoms with Gasteiger partial charge in [0.05, 0.1) is 27.4 Å². The first-order valence-electron chi connectivity index (χ1n) is 6.65. The lowest BCUT2D eigenvalue weighted by molar-refractivity contribution is -0.138. The minimum Gasteiger partial charge on any atom is -0.493 e. The highest BCUT2D eigenvalue weighted by molar-refractivity contribution is 5.98. The number of methoxy groups -OCH3 is 3. The Balaban J connectivity index is 3.06. The lowest BCUT2D eigenvalue weighted by Crippen LogP contribution is -2.15. The van der Waals surface area contributed by atoms with Crippen LogP contribution in [0.25, 0.3) is 0 Å². The first-order chi connectivity index (χ1) is 11.4. The van der Waals surface area contributed by atoms with Crippen molar-refractivity contribution in [3.63, 3.8) is 0 Å². The minimum atomic E-state index is -2.66. The Morgan fingerprint density at radius 2 is 1.88 bits per heavy atom. The van der Waals surface area contributed by atoms with Gasteiger partial charge in [-0.2, -0.15) is 0 Å². The van der Waals surface area contributed by atoms with Crippen LogP contribution >= 0.6 is 0 Å². The molecule has 0 aliphatic carbocycles. The summed E-state index contributed by atoms with van der Waals surface area (Å²) >= 11 is 0. The molecule has 0 saturated carbocycles. The maximum atomic E-state index is 12.3. The van der Waals surface area contributed by atoms with Crippen LogP contribution in [0.2, 0.25) is 0 Å². The molecule has 1 aromatic carbocycles. The second-order valence-electron chi connectivity index (χ2n) is 4.27. The van der Waals surface area contributed by atoms with Gasteiger partial charge < -0.3 is 24.3 Å². The summed E-state index contributed by atoms with van der Waals surface area (Å²) in [5.41, 5.74) is 0.0925. The summed E-state index contributed by atoms with van der Waals surface area (Å²) in [4.78, 5) is 23.0. The van der Waals surface area contributed by atoms with E-state index in [0.29, 0.717) is 5.69 Å². The van der Waals surface area contributed by atoms with Gasteiger partial charge in [0.15, 0.2) is 11.5 Å². The summed E-state index contributed by atoms with van der Waals surface area (Å²) in [6.45, 7) is -0.818. The van der Waals surface area contributed by atoms with E-state index in [-0.39, 0.29) is 17.2 Å². The second kappa shape index (κ2) is 9.33. The molecule has 0 saturated heterocycles. The van der Waals surface area contributed by atoms with Crippen LogP contribution in [0.1, 0.15) is 0 Å². The molecule has 0 radical (unpaired) electrons. The molecule has 9 heteroatoms. The Labute approximate surface area is 137 Å².